The molecule has 2 heterocycles. The van der Waals surface area contributed by atoms with Gasteiger partial charge < -0.3 is 55.1 Å². The van der Waals surface area contributed by atoms with E-state index in [4.69, 9.17) is 24.7 Å². The van der Waals surface area contributed by atoms with Crippen molar-refractivity contribution in [3.05, 3.63) is 0 Å². The summed E-state index contributed by atoms with van der Waals surface area (Å²) in [5.41, 5.74) is 6.19. The van der Waals surface area contributed by atoms with Gasteiger partial charge in [-0.05, 0) is 95.3 Å². The number of aliphatic hydroxyl groups is 5. The minimum atomic E-state index is -0.744. The fourth-order valence-corrected chi connectivity index (χ4v) is 8.94. The van der Waals surface area contributed by atoms with Crippen LogP contribution in [0.25, 0.3) is 0 Å². The first-order valence-electron chi connectivity index (χ1n) is 18.4. The van der Waals surface area contributed by atoms with Gasteiger partial charge in [0.2, 0.25) is 0 Å². The SMILES string of the molecule is CC[NH2+]C(CCC1CC[NH2+]C(N)C1)COC1CC(C2OC(CCC3CCC(O)C(OCO)C3)CC(O)C2CCO)CC(OC)C1O. The van der Waals surface area contributed by atoms with Crippen LogP contribution < -0.4 is 16.4 Å². The highest BCUT2D eigenvalue weighted by Gasteiger charge is 2.47. The van der Waals surface area contributed by atoms with Crippen LogP contribution in [0.4, 0.5) is 0 Å². The summed E-state index contributed by atoms with van der Waals surface area (Å²) >= 11 is 0. The summed E-state index contributed by atoms with van der Waals surface area (Å²) in [6.07, 6.45) is 7.36. The predicted molar refractivity (Wildman–Crippen MR) is 171 cm³/mol. The average Bonchev–Trinajstić information content (AvgIpc) is 3.04. The molecule has 2 saturated heterocycles. The van der Waals surface area contributed by atoms with Gasteiger partial charge in [-0.1, -0.05) is 0 Å². The summed E-state index contributed by atoms with van der Waals surface area (Å²) in [5, 5.41) is 56.5. The van der Waals surface area contributed by atoms with Crippen molar-refractivity contribution in [2.75, 3.05) is 40.2 Å². The van der Waals surface area contributed by atoms with Gasteiger partial charge in [-0.15, -0.1) is 0 Å². The quantitative estimate of drug-likeness (QED) is 0.0890. The number of rotatable bonds is 17. The van der Waals surface area contributed by atoms with Crippen LogP contribution in [-0.4, -0.2) is 127 Å². The Morgan fingerprint density at radius 1 is 0.870 bits per heavy atom. The predicted octanol–water partition coefficient (Wildman–Crippen LogP) is -1.06. The van der Waals surface area contributed by atoms with Crippen molar-refractivity contribution in [2.24, 2.45) is 29.4 Å². The van der Waals surface area contributed by atoms with E-state index in [-0.39, 0.29) is 42.9 Å². The first-order chi connectivity index (χ1) is 22.3. The Morgan fingerprint density at radius 3 is 2.37 bits per heavy atom. The van der Waals surface area contributed by atoms with Crippen LogP contribution in [0.3, 0.4) is 0 Å². The van der Waals surface area contributed by atoms with E-state index in [9.17, 15) is 25.5 Å². The van der Waals surface area contributed by atoms with Crippen molar-refractivity contribution < 1.29 is 55.1 Å². The summed E-state index contributed by atoms with van der Waals surface area (Å²) in [4.78, 5) is 0. The highest BCUT2D eigenvalue weighted by Crippen LogP contribution is 2.42. The smallest absolute Gasteiger partial charge is 0.144 e. The fraction of sp³-hybridized carbons (Fsp3) is 1.00. The second-order valence-corrected chi connectivity index (χ2v) is 14.8. The molecule has 4 fully saturated rings. The lowest BCUT2D eigenvalue weighted by molar-refractivity contribution is -0.700. The number of likely N-dealkylation sites (N-methyl/N-ethyl adjacent to an activating group) is 1. The van der Waals surface area contributed by atoms with Crippen LogP contribution >= 0.6 is 0 Å². The van der Waals surface area contributed by atoms with Crippen molar-refractivity contribution in [1.82, 2.24) is 0 Å². The van der Waals surface area contributed by atoms with E-state index >= 15 is 0 Å². The number of piperidine rings is 1. The Kier molecular flexibility index (Phi) is 16.4. The van der Waals surface area contributed by atoms with E-state index in [2.05, 4.69) is 17.6 Å². The minimum absolute atomic E-state index is 0.00749. The van der Waals surface area contributed by atoms with Crippen LogP contribution in [0.15, 0.2) is 0 Å². The van der Waals surface area contributed by atoms with Crippen molar-refractivity contribution >= 4 is 0 Å². The molecule has 2 saturated carbocycles. The number of hydrogen-bond acceptors (Lipinski definition) is 10. The maximum atomic E-state index is 11.3. The van der Waals surface area contributed by atoms with E-state index in [1.54, 1.807) is 7.11 Å². The second kappa shape index (κ2) is 19.6. The van der Waals surface area contributed by atoms with Gasteiger partial charge in [-0.25, -0.2) is 0 Å². The van der Waals surface area contributed by atoms with E-state index in [1.165, 1.54) is 6.42 Å². The van der Waals surface area contributed by atoms with Crippen molar-refractivity contribution in [2.45, 2.75) is 151 Å². The van der Waals surface area contributed by atoms with Gasteiger partial charge >= 0.3 is 0 Å². The maximum Gasteiger partial charge on any atom is 0.144 e. The number of quaternary nitrogens is 2. The Hall–Kier alpha value is -0.480. The van der Waals surface area contributed by atoms with Crippen LogP contribution in [-0.2, 0) is 18.9 Å². The zero-order valence-corrected chi connectivity index (χ0v) is 28.4. The standard InChI is InChI=1S/C34H65N3O9/c1-3-36-24(7-4-22-10-12-37-32(35)15-22)19-44-31-17-23(16-30(43-2)33(31)42)34-26(11-13-38)28(41)18-25(46-34)8-5-21-6-9-27(40)29(14-21)45-20-39/h21-34,36-42H,3-20,35H2,1-2H3/p+2. The highest BCUT2D eigenvalue weighted by molar-refractivity contribution is 4.97. The Morgan fingerprint density at radius 2 is 1.65 bits per heavy atom. The molecule has 0 aromatic heterocycles. The topological polar surface area (TPSA) is 197 Å². The van der Waals surface area contributed by atoms with Crippen LogP contribution in [0.5, 0.6) is 0 Å². The van der Waals surface area contributed by atoms with Gasteiger partial charge in [-0.2, -0.15) is 0 Å². The molecule has 2 aliphatic heterocycles. The molecule has 0 spiro atoms. The Balaban J connectivity index is 1.37. The Bertz CT molecular complexity index is 846. The van der Waals surface area contributed by atoms with E-state index < -0.39 is 37.3 Å². The molecule has 4 aliphatic rings. The molecule has 2 aliphatic carbocycles. The summed E-state index contributed by atoms with van der Waals surface area (Å²) < 4.78 is 24.5. The molecule has 12 heteroatoms. The molecule has 14 unspecified atom stereocenters. The van der Waals surface area contributed by atoms with E-state index in [0.29, 0.717) is 63.0 Å². The largest absolute Gasteiger partial charge is 0.396 e. The van der Waals surface area contributed by atoms with Gasteiger partial charge in [-0.3, -0.25) is 5.73 Å². The molecule has 12 nitrogen and oxygen atoms in total. The molecule has 0 radical (unpaired) electrons. The lowest BCUT2D eigenvalue weighted by atomic mass is 9.72. The molecule has 4 rings (SSSR count). The summed E-state index contributed by atoms with van der Waals surface area (Å²) in [7, 11) is 1.63. The molecule has 0 aromatic rings. The highest BCUT2D eigenvalue weighted by atomic mass is 16.6. The van der Waals surface area contributed by atoms with Gasteiger partial charge in [0, 0.05) is 32.5 Å². The monoisotopic (exact) mass is 661 g/mol. The van der Waals surface area contributed by atoms with Crippen molar-refractivity contribution in [1.29, 1.82) is 0 Å². The number of hydrogen-bond donors (Lipinski definition) is 8. The number of ether oxygens (including phenoxy) is 4. The summed E-state index contributed by atoms with van der Waals surface area (Å²) in [6.45, 7) is 4.36. The maximum absolute atomic E-state index is 11.3. The van der Waals surface area contributed by atoms with Crippen LogP contribution in [0.1, 0.15) is 90.4 Å². The summed E-state index contributed by atoms with van der Waals surface area (Å²) in [6, 6.07) is 0.309. The molecule has 14 atom stereocenters. The number of methoxy groups -OCH3 is 1. The third-order valence-corrected chi connectivity index (χ3v) is 11.6. The Labute approximate surface area is 276 Å². The average molecular weight is 662 g/mol. The van der Waals surface area contributed by atoms with Gasteiger partial charge in [0.25, 0.3) is 0 Å². The second-order valence-electron chi connectivity index (χ2n) is 14.8. The van der Waals surface area contributed by atoms with Gasteiger partial charge in [0.15, 0.2) is 0 Å². The van der Waals surface area contributed by atoms with Crippen molar-refractivity contribution in [3.8, 4) is 0 Å². The fourth-order valence-electron chi connectivity index (χ4n) is 8.94. The normalized spacial score (nSPS) is 41.3. The zero-order valence-electron chi connectivity index (χ0n) is 28.4. The van der Waals surface area contributed by atoms with Gasteiger partial charge in [0.05, 0.1) is 62.4 Å². The number of nitrogens with two attached hydrogens (primary N) is 3. The zero-order chi connectivity index (χ0) is 33.1. The molecular weight excluding hydrogens is 594 g/mol. The third-order valence-electron chi connectivity index (χ3n) is 11.6. The van der Waals surface area contributed by atoms with E-state index in [0.717, 1.165) is 51.6 Å². The molecule has 270 valence electrons. The van der Waals surface area contributed by atoms with E-state index in [1.807, 2.05) is 0 Å². The minimum Gasteiger partial charge on any atom is -0.396 e. The summed E-state index contributed by atoms with van der Waals surface area (Å²) in [5.74, 6) is 0.817. The molecular formula is C34H67N3O9+2. The molecule has 11 N–H and O–H groups in total. The molecule has 46 heavy (non-hydrogen) atoms. The van der Waals surface area contributed by atoms with Gasteiger partial charge in [0.1, 0.15) is 25.1 Å². The van der Waals surface area contributed by atoms with Crippen LogP contribution in [0, 0.1) is 23.7 Å². The molecule has 0 bridgehead atoms. The molecule has 0 amide bonds. The first kappa shape index (κ1) is 38.3. The van der Waals surface area contributed by atoms with Crippen LogP contribution in [0.2, 0.25) is 0 Å². The lowest BCUT2D eigenvalue weighted by Gasteiger charge is -2.48. The van der Waals surface area contributed by atoms with Crippen molar-refractivity contribution in [3.63, 3.8) is 0 Å². The molecule has 0 aromatic carbocycles. The number of aliphatic hydroxyl groups excluding tert-OH is 5. The first-order valence-corrected chi connectivity index (χ1v) is 18.4. The third kappa shape index (κ3) is 11.0. The lowest BCUT2D eigenvalue weighted by Crippen LogP contribution is -2.94.